The lowest BCUT2D eigenvalue weighted by molar-refractivity contribution is 0.104. The Labute approximate surface area is 214 Å². The van der Waals surface area contributed by atoms with Crippen molar-refractivity contribution in [1.82, 2.24) is 14.8 Å². The van der Waals surface area contributed by atoms with E-state index >= 15 is 0 Å². The Kier molecular flexibility index (Phi) is 6.31. The Bertz CT molecular complexity index is 1690. The number of fused-ring (bicyclic) bond motifs is 1. The van der Waals surface area contributed by atoms with Gasteiger partial charge in [-0.2, -0.15) is 10.4 Å². The Hall–Kier alpha value is -5.09. The molecule has 37 heavy (non-hydrogen) atoms. The second-order valence-electron chi connectivity index (χ2n) is 8.45. The zero-order valence-corrected chi connectivity index (χ0v) is 20.6. The van der Waals surface area contributed by atoms with Crippen molar-refractivity contribution in [2.45, 2.75) is 6.92 Å². The van der Waals surface area contributed by atoms with Crippen LogP contribution in [0.5, 0.6) is 11.5 Å². The molecule has 0 aliphatic carbocycles. The van der Waals surface area contributed by atoms with E-state index in [-0.39, 0.29) is 11.4 Å². The molecule has 7 nitrogen and oxygen atoms in total. The summed E-state index contributed by atoms with van der Waals surface area (Å²) in [4.78, 5) is 16.8. The van der Waals surface area contributed by atoms with E-state index in [4.69, 9.17) is 14.6 Å². The summed E-state index contributed by atoms with van der Waals surface area (Å²) < 4.78 is 12.6. The molecule has 5 rings (SSSR count). The molecule has 0 amide bonds. The molecule has 3 aromatic carbocycles. The molecule has 7 heteroatoms. The van der Waals surface area contributed by atoms with E-state index in [2.05, 4.69) is 11.1 Å². The van der Waals surface area contributed by atoms with Crippen LogP contribution in [0.25, 0.3) is 33.9 Å². The minimum absolute atomic E-state index is 0.0159. The van der Waals surface area contributed by atoms with Crippen LogP contribution in [0.3, 0.4) is 0 Å². The number of ether oxygens (including phenoxy) is 2. The summed E-state index contributed by atoms with van der Waals surface area (Å²) in [7, 11) is 3.15. The van der Waals surface area contributed by atoms with Gasteiger partial charge in [-0.05, 0) is 49.4 Å². The molecule has 0 saturated carbocycles. The number of allylic oxidation sites excluding steroid dienone is 1. The number of hydrogen-bond acceptors (Lipinski definition) is 5. The van der Waals surface area contributed by atoms with Crippen LogP contribution in [0.1, 0.15) is 21.6 Å². The number of aryl methyl sites for hydroxylation is 1. The van der Waals surface area contributed by atoms with Crippen molar-refractivity contribution in [1.29, 1.82) is 5.26 Å². The fourth-order valence-electron chi connectivity index (χ4n) is 4.42. The number of aromatic amines is 1. The number of methoxy groups -OCH3 is 2. The van der Waals surface area contributed by atoms with Crippen LogP contribution < -0.4 is 9.47 Å². The van der Waals surface area contributed by atoms with Crippen molar-refractivity contribution in [2.75, 3.05) is 14.2 Å². The number of para-hydroxylation sites is 2. The summed E-state index contributed by atoms with van der Waals surface area (Å²) in [6.45, 7) is 1.84. The fraction of sp³-hybridized carbons (Fsp3) is 0.100. The van der Waals surface area contributed by atoms with Gasteiger partial charge < -0.3 is 14.5 Å². The van der Waals surface area contributed by atoms with E-state index in [1.807, 2.05) is 79.9 Å². The smallest absolute Gasteiger partial charge is 0.205 e. The summed E-state index contributed by atoms with van der Waals surface area (Å²) in [5, 5.41) is 15.6. The van der Waals surface area contributed by atoms with Crippen LogP contribution in [0.2, 0.25) is 0 Å². The van der Waals surface area contributed by atoms with Crippen LogP contribution in [-0.4, -0.2) is 34.8 Å². The van der Waals surface area contributed by atoms with Crippen molar-refractivity contribution in [3.63, 3.8) is 0 Å². The lowest BCUT2D eigenvalue weighted by Gasteiger charge is -2.09. The molecule has 0 spiro atoms. The average Bonchev–Trinajstić information content (AvgIpc) is 3.51. The van der Waals surface area contributed by atoms with E-state index < -0.39 is 0 Å². The lowest BCUT2D eigenvalue weighted by Crippen LogP contribution is -2.03. The number of nitrogens with one attached hydrogen (secondary N) is 1. The van der Waals surface area contributed by atoms with Gasteiger partial charge in [-0.1, -0.05) is 36.4 Å². The molecular formula is C30H24N4O3. The van der Waals surface area contributed by atoms with Gasteiger partial charge in [0.1, 0.15) is 17.3 Å². The number of carbonyl (C=O) groups is 1. The molecule has 2 heterocycles. The van der Waals surface area contributed by atoms with Crippen molar-refractivity contribution < 1.29 is 14.3 Å². The highest BCUT2D eigenvalue weighted by Crippen LogP contribution is 2.34. The number of benzene rings is 3. The standard InChI is InChI=1S/C30H24N4O3/c1-19-28(24-11-7-8-12-25(24)32-19)30(35)21(17-31)15-22-18-34(23-9-5-4-6-10-23)33-29(22)20-13-14-26(36-2)27(16-20)37-3/h4-16,18,32H,1-3H3/b21-15+. The molecule has 5 aromatic rings. The summed E-state index contributed by atoms with van der Waals surface area (Å²) in [6, 6.07) is 24.8. The van der Waals surface area contributed by atoms with E-state index in [0.29, 0.717) is 34.0 Å². The minimum atomic E-state index is -0.344. The Morgan fingerprint density at radius 2 is 1.73 bits per heavy atom. The van der Waals surface area contributed by atoms with Crippen LogP contribution in [0, 0.1) is 18.3 Å². The van der Waals surface area contributed by atoms with Crippen molar-refractivity contribution >= 4 is 22.8 Å². The minimum Gasteiger partial charge on any atom is -0.493 e. The van der Waals surface area contributed by atoms with Gasteiger partial charge in [0.05, 0.1) is 25.5 Å². The average molecular weight is 489 g/mol. The highest BCUT2D eigenvalue weighted by Gasteiger charge is 2.21. The van der Waals surface area contributed by atoms with Crippen LogP contribution in [0.15, 0.2) is 84.6 Å². The van der Waals surface area contributed by atoms with E-state index in [1.54, 1.807) is 31.0 Å². The van der Waals surface area contributed by atoms with E-state index in [1.165, 1.54) is 0 Å². The van der Waals surface area contributed by atoms with Crippen LogP contribution in [-0.2, 0) is 0 Å². The maximum absolute atomic E-state index is 13.6. The first kappa shape index (κ1) is 23.6. The third-order valence-electron chi connectivity index (χ3n) is 6.21. The topological polar surface area (TPSA) is 92.9 Å². The van der Waals surface area contributed by atoms with Gasteiger partial charge in [0, 0.05) is 33.9 Å². The Morgan fingerprint density at radius 3 is 2.46 bits per heavy atom. The molecular weight excluding hydrogens is 464 g/mol. The van der Waals surface area contributed by atoms with Gasteiger partial charge in [0.2, 0.25) is 5.78 Å². The predicted octanol–water partition coefficient (Wildman–Crippen LogP) is 6.14. The molecule has 0 radical (unpaired) electrons. The predicted molar refractivity (Wildman–Crippen MR) is 143 cm³/mol. The molecule has 0 unspecified atom stereocenters. The Morgan fingerprint density at radius 1 is 1.00 bits per heavy atom. The Balaban J connectivity index is 1.67. The number of nitriles is 1. The molecule has 0 aliphatic rings. The summed E-state index contributed by atoms with van der Waals surface area (Å²) >= 11 is 0. The van der Waals surface area contributed by atoms with Gasteiger partial charge in [-0.25, -0.2) is 4.68 Å². The van der Waals surface area contributed by atoms with Gasteiger partial charge >= 0.3 is 0 Å². The van der Waals surface area contributed by atoms with Gasteiger partial charge in [-0.3, -0.25) is 4.79 Å². The second-order valence-corrected chi connectivity index (χ2v) is 8.45. The molecule has 1 N–H and O–H groups in total. The summed E-state index contributed by atoms with van der Waals surface area (Å²) in [5.74, 6) is 0.798. The number of ketones is 1. The second kappa shape index (κ2) is 9.88. The molecule has 0 fully saturated rings. The van der Waals surface area contributed by atoms with Gasteiger partial charge in [0.15, 0.2) is 11.5 Å². The third kappa shape index (κ3) is 4.37. The number of carbonyl (C=O) groups excluding carboxylic acids is 1. The number of H-pyrrole nitrogens is 1. The SMILES string of the molecule is COc1ccc(-c2nn(-c3ccccc3)cc2/C=C(\C#N)C(=O)c2c(C)[nH]c3ccccc23)cc1OC. The molecule has 0 bridgehead atoms. The van der Waals surface area contributed by atoms with E-state index in [0.717, 1.165) is 22.2 Å². The first-order chi connectivity index (χ1) is 18.0. The highest BCUT2D eigenvalue weighted by atomic mass is 16.5. The fourth-order valence-corrected chi connectivity index (χ4v) is 4.42. The number of rotatable bonds is 7. The zero-order valence-electron chi connectivity index (χ0n) is 20.6. The number of aromatic nitrogens is 3. The lowest BCUT2D eigenvalue weighted by atomic mass is 9.98. The number of Topliss-reactive ketones (excluding diaryl/α,β-unsaturated/α-hetero) is 1. The van der Waals surface area contributed by atoms with Crippen molar-refractivity contribution in [3.8, 4) is 34.5 Å². The molecule has 0 saturated heterocycles. The highest BCUT2D eigenvalue weighted by molar-refractivity contribution is 6.20. The maximum Gasteiger partial charge on any atom is 0.205 e. The molecule has 2 aromatic heterocycles. The number of nitrogens with zero attached hydrogens (tertiary/aromatic N) is 3. The molecule has 0 aliphatic heterocycles. The largest absolute Gasteiger partial charge is 0.493 e. The molecule has 0 atom stereocenters. The normalized spacial score (nSPS) is 11.4. The summed E-state index contributed by atoms with van der Waals surface area (Å²) in [5.41, 5.74) is 4.90. The maximum atomic E-state index is 13.6. The van der Waals surface area contributed by atoms with Crippen molar-refractivity contribution in [2.24, 2.45) is 0 Å². The first-order valence-corrected chi connectivity index (χ1v) is 11.6. The van der Waals surface area contributed by atoms with E-state index in [9.17, 15) is 10.1 Å². The van der Waals surface area contributed by atoms with Crippen molar-refractivity contribution in [3.05, 3.63) is 101 Å². The monoisotopic (exact) mass is 488 g/mol. The third-order valence-corrected chi connectivity index (χ3v) is 6.21. The van der Waals surface area contributed by atoms with Gasteiger partial charge in [-0.15, -0.1) is 0 Å². The zero-order chi connectivity index (χ0) is 25.9. The molecule has 182 valence electrons. The quantitative estimate of drug-likeness (QED) is 0.169. The summed E-state index contributed by atoms with van der Waals surface area (Å²) in [6.07, 6.45) is 3.41. The first-order valence-electron chi connectivity index (χ1n) is 11.6. The number of hydrogen-bond donors (Lipinski definition) is 1. The van der Waals surface area contributed by atoms with Crippen LogP contribution in [0.4, 0.5) is 0 Å². The van der Waals surface area contributed by atoms with Gasteiger partial charge in [0.25, 0.3) is 0 Å². The van der Waals surface area contributed by atoms with Crippen LogP contribution >= 0.6 is 0 Å².